The molecule has 0 fully saturated rings. The number of rotatable bonds is 3. The number of imidazole rings is 2. The van der Waals surface area contributed by atoms with Crippen molar-refractivity contribution in [2.24, 2.45) is 0 Å². The molecule has 4 aromatic rings. The highest BCUT2D eigenvalue weighted by Crippen LogP contribution is 2.30. The molecule has 4 heterocycles. The van der Waals surface area contributed by atoms with E-state index in [0.717, 1.165) is 23.3 Å². The Morgan fingerprint density at radius 3 is 2.72 bits per heavy atom. The molecule has 0 saturated heterocycles. The Kier molecular flexibility index (Phi) is 3.64. The van der Waals surface area contributed by atoms with E-state index in [4.69, 9.17) is 4.98 Å². The summed E-state index contributed by atoms with van der Waals surface area (Å²) in [6.45, 7) is 9.05. The lowest BCUT2D eigenvalue weighted by molar-refractivity contribution is 0.546. The molecular formula is C21H24N4. The molecule has 0 aromatic carbocycles. The maximum Gasteiger partial charge on any atom is 0.136 e. The van der Waals surface area contributed by atoms with Gasteiger partial charge in [-0.25, -0.2) is 9.97 Å². The first kappa shape index (κ1) is 15.9. The van der Waals surface area contributed by atoms with E-state index in [1.165, 1.54) is 11.3 Å². The third-order valence-corrected chi connectivity index (χ3v) is 4.79. The van der Waals surface area contributed by atoms with Crippen molar-refractivity contribution in [3.05, 3.63) is 72.2 Å². The highest BCUT2D eigenvalue weighted by Gasteiger charge is 2.23. The van der Waals surface area contributed by atoms with Crippen LogP contribution in [0.4, 0.5) is 0 Å². The molecule has 0 aliphatic rings. The summed E-state index contributed by atoms with van der Waals surface area (Å²) >= 11 is 0. The van der Waals surface area contributed by atoms with E-state index < -0.39 is 0 Å². The second-order valence-corrected chi connectivity index (χ2v) is 7.88. The van der Waals surface area contributed by atoms with Gasteiger partial charge in [0.05, 0.1) is 23.7 Å². The minimum atomic E-state index is 0.0498. The molecule has 0 bridgehead atoms. The van der Waals surface area contributed by atoms with Crippen LogP contribution >= 0.6 is 0 Å². The molecule has 0 N–H and O–H groups in total. The van der Waals surface area contributed by atoms with Crippen molar-refractivity contribution in [1.82, 2.24) is 18.8 Å². The molecule has 1 unspecified atom stereocenters. The molecule has 0 aliphatic heterocycles. The Balaban J connectivity index is 1.74. The summed E-state index contributed by atoms with van der Waals surface area (Å²) in [7, 11) is 0. The second-order valence-electron chi connectivity index (χ2n) is 7.88. The third kappa shape index (κ3) is 2.82. The summed E-state index contributed by atoms with van der Waals surface area (Å²) in [5.41, 5.74) is 6.03. The van der Waals surface area contributed by atoms with Crippen LogP contribution < -0.4 is 0 Å². The van der Waals surface area contributed by atoms with Crippen LogP contribution in [-0.4, -0.2) is 18.8 Å². The Labute approximate surface area is 148 Å². The van der Waals surface area contributed by atoms with Crippen LogP contribution in [0.1, 0.15) is 50.6 Å². The SMILES string of the molecule is CC(Cc1ccc2cncn2c1C(C)(C)C)c1cn2ccccc2n1. The summed E-state index contributed by atoms with van der Waals surface area (Å²) in [6.07, 6.45) is 9.01. The normalized spacial score (nSPS) is 13.6. The van der Waals surface area contributed by atoms with Crippen molar-refractivity contribution in [3.63, 3.8) is 0 Å². The molecule has 4 aromatic heterocycles. The summed E-state index contributed by atoms with van der Waals surface area (Å²) in [4.78, 5) is 9.13. The standard InChI is InChI=1S/C21H24N4/c1-15(18-13-24-10-6-5-7-19(24)23-18)11-16-8-9-17-12-22-14-25(17)20(16)21(2,3)4/h5-10,12-15H,11H2,1-4H3. The Morgan fingerprint density at radius 2 is 1.96 bits per heavy atom. The first-order valence-corrected chi connectivity index (χ1v) is 8.81. The smallest absolute Gasteiger partial charge is 0.136 e. The topological polar surface area (TPSA) is 34.6 Å². The predicted octanol–water partition coefficient (Wildman–Crippen LogP) is 4.63. The van der Waals surface area contributed by atoms with Crippen molar-refractivity contribution in [2.45, 2.75) is 45.4 Å². The lowest BCUT2D eigenvalue weighted by atomic mass is 9.85. The van der Waals surface area contributed by atoms with E-state index in [0.29, 0.717) is 5.92 Å². The fourth-order valence-corrected chi connectivity index (χ4v) is 3.67. The maximum absolute atomic E-state index is 4.80. The van der Waals surface area contributed by atoms with Crippen molar-refractivity contribution >= 4 is 11.2 Å². The minimum absolute atomic E-state index is 0.0498. The molecule has 25 heavy (non-hydrogen) atoms. The number of nitrogens with zero attached hydrogens (tertiary/aromatic N) is 4. The zero-order valence-corrected chi connectivity index (χ0v) is 15.3. The predicted molar refractivity (Wildman–Crippen MR) is 101 cm³/mol. The summed E-state index contributed by atoms with van der Waals surface area (Å²) in [6, 6.07) is 10.5. The van der Waals surface area contributed by atoms with Crippen molar-refractivity contribution in [2.75, 3.05) is 0 Å². The van der Waals surface area contributed by atoms with Gasteiger partial charge in [-0.3, -0.25) is 0 Å². The molecule has 1 atom stereocenters. The van der Waals surface area contributed by atoms with Crippen molar-refractivity contribution < 1.29 is 0 Å². The van der Waals surface area contributed by atoms with Crippen LogP contribution in [0.15, 0.2) is 55.2 Å². The van der Waals surface area contributed by atoms with Crippen molar-refractivity contribution in [1.29, 1.82) is 0 Å². The zero-order chi connectivity index (χ0) is 17.6. The molecule has 0 spiro atoms. The second kappa shape index (κ2) is 5.73. The van der Waals surface area contributed by atoms with Gasteiger partial charge in [-0.1, -0.05) is 39.8 Å². The van der Waals surface area contributed by atoms with E-state index in [2.05, 4.69) is 66.0 Å². The molecule has 0 amide bonds. The molecule has 0 saturated carbocycles. The van der Waals surface area contributed by atoms with Gasteiger partial charge in [0.1, 0.15) is 5.65 Å². The largest absolute Gasteiger partial charge is 0.307 e. The average Bonchev–Trinajstić information content (AvgIpc) is 3.19. The van der Waals surface area contributed by atoms with Crippen LogP contribution in [0, 0.1) is 0 Å². The molecule has 4 nitrogen and oxygen atoms in total. The highest BCUT2D eigenvalue weighted by molar-refractivity contribution is 5.50. The first-order valence-electron chi connectivity index (χ1n) is 8.81. The fourth-order valence-electron chi connectivity index (χ4n) is 3.67. The monoisotopic (exact) mass is 332 g/mol. The van der Waals surface area contributed by atoms with Gasteiger partial charge >= 0.3 is 0 Å². The summed E-state index contributed by atoms with van der Waals surface area (Å²) < 4.78 is 4.32. The number of fused-ring (bicyclic) bond motifs is 2. The van der Waals surface area contributed by atoms with Gasteiger partial charge in [0.2, 0.25) is 0 Å². The Bertz CT molecular complexity index is 1000. The van der Waals surface area contributed by atoms with E-state index in [1.807, 2.05) is 30.7 Å². The van der Waals surface area contributed by atoms with Gasteiger partial charge in [-0.15, -0.1) is 0 Å². The van der Waals surface area contributed by atoms with Crippen LogP contribution in [0.2, 0.25) is 0 Å². The summed E-state index contributed by atoms with van der Waals surface area (Å²) in [5.74, 6) is 0.349. The Hall–Kier alpha value is -2.62. The number of aromatic nitrogens is 4. The quantitative estimate of drug-likeness (QED) is 0.548. The lowest BCUT2D eigenvalue weighted by Gasteiger charge is -2.25. The molecule has 4 rings (SSSR count). The van der Waals surface area contributed by atoms with E-state index in [9.17, 15) is 0 Å². The molecule has 128 valence electrons. The first-order chi connectivity index (χ1) is 11.9. The third-order valence-electron chi connectivity index (χ3n) is 4.79. The number of pyridine rings is 2. The minimum Gasteiger partial charge on any atom is -0.307 e. The zero-order valence-electron chi connectivity index (χ0n) is 15.3. The van der Waals surface area contributed by atoms with E-state index >= 15 is 0 Å². The van der Waals surface area contributed by atoms with Gasteiger partial charge in [-0.2, -0.15) is 0 Å². The average molecular weight is 332 g/mol. The van der Waals surface area contributed by atoms with Gasteiger partial charge in [0, 0.05) is 29.4 Å². The molecule has 4 heteroatoms. The lowest BCUT2D eigenvalue weighted by Crippen LogP contribution is -2.20. The van der Waals surface area contributed by atoms with E-state index in [1.54, 1.807) is 0 Å². The summed E-state index contributed by atoms with van der Waals surface area (Å²) in [5, 5.41) is 0. The van der Waals surface area contributed by atoms with Crippen LogP contribution in [0.3, 0.4) is 0 Å². The Morgan fingerprint density at radius 1 is 1.12 bits per heavy atom. The van der Waals surface area contributed by atoms with Crippen LogP contribution in [-0.2, 0) is 11.8 Å². The molecule has 0 aliphatic carbocycles. The van der Waals surface area contributed by atoms with Gasteiger partial charge in [0.15, 0.2) is 0 Å². The van der Waals surface area contributed by atoms with Crippen molar-refractivity contribution in [3.8, 4) is 0 Å². The number of hydrogen-bond acceptors (Lipinski definition) is 2. The van der Waals surface area contributed by atoms with Gasteiger partial charge < -0.3 is 8.80 Å². The molecule has 0 radical (unpaired) electrons. The highest BCUT2D eigenvalue weighted by atomic mass is 15.0. The fraction of sp³-hybridized carbons (Fsp3) is 0.333. The number of hydrogen-bond donors (Lipinski definition) is 0. The maximum atomic E-state index is 4.80. The molecular weight excluding hydrogens is 308 g/mol. The van der Waals surface area contributed by atoms with Gasteiger partial charge in [-0.05, 0) is 30.2 Å². The van der Waals surface area contributed by atoms with E-state index in [-0.39, 0.29) is 5.41 Å². The van der Waals surface area contributed by atoms with Crippen LogP contribution in [0.25, 0.3) is 11.2 Å². The van der Waals surface area contributed by atoms with Gasteiger partial charge in [0.25, 0.3) is 0 Å². The van der Waals surface area contributed by atoms with Crippen LogP contribution in [0.5, 0.6) is 0 Å².